The highest BCUT2D eigenvalue weighted by Gasteiger charge is 2.10. The number of nitrogens with one attached hydrogen (secondary N) is 2. The average Bonchev–Trinajstić information content (AvgIpc) is 2.73. The molecule has 0 spiro atoms. The molecule has 0 aromatic heterocycles. The monoisotopic (exact) mass is 399 g/mol. The molecule has 2 rings (SSSR count). The van der Waals surface area contributed by atoms with Crippen LogP contribution in [0.2, 0.25) is 0 Å². The Morgan fingerprint density at radius 1 is 0.966 bits per heavy atom. The first-order valence-electron chi connectivity index (χ1n) is 9.04. The second kappa shape index (κ2) is 10.7. The van der Waals surface area contributed by atoms with Crippen LogP contribution in [0.3, 0.4) is 0 Å². The third-order valence-corrected chi connectivity index (χ3v) is 3.83. The Morgan fingerprint density at radius 2 is 1.59 bits per heavy atom. The first-order chi connectivity index (χ1) is 13.9. The Balaban J connectivity index is 1.92. The van der Waals surface area contributed by atoms with Gasteiger partial charge in [0.25, 0.3) is 5.91 Å². The van der Waals surface area contributed by atoms with Crippen LogP contribution in [0.1, 0.15) is 30.6 Å². The third kappa shape index (κ3) is 6.84. The van der Waals surface area contributed by atoms with Gasteiger partial charge in [-0.05, 0) is 50.2 Å². The van der Waals surface area contributed by atoms with E-state index in [1.54, 1.807) is 49.4 Å². The lowest BCUT2D eigenvalue weighted by Crippen LogP contribution is -2.21. The zero-order valence-corrected chi connectivity index (χ0v) is 16.9. The van der Waals surface area contributed by atoms with Crippen molar-refractivity contribution in [1.29, 1.82) is 0 Å². The van der Waals surface area contributed by atoms with Crippen LogP contribution >= 0.6 is 0 Å². The lowest BCUT2D eigenvalue weighted by molar-refractivity contribution is -0.115. The van der Waals surface area contributed by atoms with Crippen LogP contribution in [-0.4, -0.2) is 38.4 Å². The summed E-state index contributed by atoms with van der Waals surface area (Å²) in [5, 5.41) is 6.76. The molecule has 0 unspecified atom stereocenters. The maximum absolute atomic E-state index is 12.3. The summed E-state index contributed by atoms with van der Waals surface area (Å²) in [7, 11) is 3.00. The number of hydrogen-bond donors (Lipinski definition) is 2. The molecule has 8 heteroatoms. The zero-order chi connectivity index (χ0) is 21.2. The molecule has 0 fully saturated rings. The normalized spacial score (nSPS) is 10.8. The van der Waals surface area contributed by atoms with E-state index in [1.807, 2.05) is 6.92 Å². The topological polar surface area (TPSA) is 98.2 Å². The number of anilines is 1. The average molecular weight is 399 g/mol. The Kier molecular flexibility index (Phi) is 8.02. The molecule has 8 nitrogen and oxygen atoms in total. The molecular formula is C21H25N3O5. The highest BCUT2D eigenvalue weighted by Crippen LogP contribution is 2.22. The van der Waals surface area contributed by atoms with E-state index < -0.39 is 5.91 Å². The number of benzene rings is 2. The second-order valence-corrected chi connectivity index (χ2v) is 6.07. The second-order valence-electron chi connectivity index (χ2n) is 6.07. The summed E-state index contributed by atoms with van der Waals surface area (Å²) in [5.74, 6) is 1.04. The van der Waals surface area contributed by atoms with Crippen molar-refractivity contribution < 1.29 is 23.8 Å². The summed E-state index contributed by atoms with van der Waals surface area (Å²) in [6.45, 7) is 4.14. The van der Waals surface area contributed by atoms with Crippen molar-refractivity contribution in [3.8, 4) is 17.2 Å². The molecule has 0 radical (unpaired) electrons. The lowest BCUT2D eigenvalue weighted by atomic mass is 10.2. The van der Waals surface area contributed by atoms with E-state index in [0.29, 0.717) is 35.1 Å². The number of amides is 2. The molecule has 154 valence electrons. The quantitative estimate of drug-likeness (QED) is 0.498. The number of carbonyl (C=O) groups is 2. The third-order valence-electron chi connectivity index (χ3n) is 3.83. The molecule has 0 heterocycles. The molecule has 0 bridgehead atoms. The van der Waals surface area contributed by atoms with Crippen molar-refractivity contribution in [3.05, 3.63) is 48.0 Å². The number of nitrogens with zero attached hydrogens (tertiary/aromatic N) is 1. The van der Waals surface area contributed by atoms with Crippen LogP contribution in [0.4, 0.5) is 5.69 Å². The minimum atomic E-state index is -0.437. The molecule has 0 atom stereocenters. The summed E-state index contributed by atoms with van der Waals surface area (Å²) in [6, 6.07) is 11.9. The number of rotatable bonds is 9. The fourth-order valence-corrected chi connectivity index (χ4v) is 2.43. The van der Waals surface area contributed by atoms with Gasteiger partial charge in [0, 0.05) is 23.0 Å². The lowest BCUT2D eigenvalue weighted by Gasteiger charge is -2.08. The van der Waals surface area contributed by atoms with Gasteiger partial charge in [-0.3, -0.25) is 9.59 Å². The van der Waals surface area contributed by atoms with Gasteiger partial charge in [-0.1, -0.05) is 0 Å². The predicted octanol–water partition coefficient (Wildman–Crippen LogP) is 3.24. The van der Waals surface area contributed by atoms with Crippen LogP contribution in [0.15, 0.2) is 47.6 Å². The van der Waals surface area contributed by atoms with E-state index >= 15 is 0 Å². The molecule has 29 heavy (non-hydrogen) atoms. The molecule has 2 amide bonds. The van der Waals surface area contributed by atoms with Crippen molar-refractivity contribution in [1.82, 2.24) is 5.43 Å². The van der Waals surface area contributed by atoms with E-state index in [2.05, 4.69) is 15.8 Å². The number of ether oxygens (including phenoxy) is 3. The first kappa shape index (κ1) is 21.7. The van der Waals surface area contributed by atoms with Crippen LogP contribution in [0, 0.1) is 0 Å². The Morgan fingerprint density at radius 3 is 2.14 bits per heavy atom. The first-order valence-corrected chi connectivity index (χ1v) is 9.04. The van der Waals surface area contributed by atoms with Gasteiger partial charge in [-0.25, -0.2) is 5.43 Å². The van der Waals surface area contributed by atoms with Gasteiger partial charge in [0.15, 0.2) is 0 Å². The maximum atomic E-state index is 12.3. The van der Waals surface area contributed by atoms with E-state index in [1.165, 1.54) is 14.2 Å². The minimum absolute atomic E-state index is 0.0366. The van der Waals surface area contributed by atoms with Crippen molar-refractivity contribution in [3.63, 3.8) is 0 Å². The summed E-state index contributed by atoms with van der Waals surface area (Å²) < 4.78 is 15.7. The van der Waals surface area contributed by atoms with E-state index in [9.17, 15) is 9.59 Å². The zero-order valence-electron chi connectivity index (χ0n) is 16.9. The highest BCUT2D eigenvalue weighted by molar-refractivity contribution is 6.06. The fourth-order valence-electron chi connectivity index (χ4n) is 2.43. The molecule has 0 aliphatic rings. The van der Waals surface area contributed by atoms with Crippen molar-refractivity contribution in [2.45, 2.75) is 20.3 Å². The molecule has 2 aromatic carbocycles. The maximum Gasteiger partial charge on any atom is 0.271 e. The van der Waals surface area contributed by atoms with Gasteiger partial charge in [-0.15, -0.1) is 0 Å². The molecule has 0 saturated carbocycles. The van der Waals surface area contributed by atoms with Gasteiger partial charge >= 0.3 is 0 Å². The molecule has 0 saturated heterocycles. The van der Waals surface area contributed by atoms with Gasteiger partial charge in [0.2, 0.25) is 5.91 Å². The molecule has 0 aliphatic carbocycles. The van der Waals surface area contributed by atoms with Crippen LogP contribution < -0.4 is 25.0 Å². The Bertz CT molecular complexity index is 856. The molecular weight excluding hydrogens is 374 g/mol. The number of methoxy groups -OCH3 is 2. The summed E-state index contributed by atoms with van der Waals surface area (Å²) in [5.41, 5.74) is 3.87. The summed E-state index contributed by atoms with van der Waals surface area (Å²) in [6.07, 6.45) is 0.0366. The van der Waals surface area contributed by atoms with Crippen molar-refractivity contribution >= 4 is 23.2 Å². The molecule has 2 aromatic rings. The Labute approximate surface area is 169 Å². The fraction of sp³-hybridized carbons (Fsp3) is 0.286. The number of hydrogen-bond acceptors (Lipinski definition) is 6. The highest BCUT2D eigenvalue weighted by atomic mass is 16.5. The van der Waals surface area contributed by atoms with E-state index in [4.69, 9.17) is 14.2 Å². The Hall–Kier alpha value is -3.55. The number of hydrazone groups is 1. The van der Waals surface area contributed by atoms with Crippen LogP contribution in [0.5, 0.6) is 17.2 Å². The van der Waals surface area contributed by atoms with E-state index in [-0.39, 0.29) is 12.3 Å². The predicted molar refractivity (Wildman–Crippen MR) is 111 cm³/mol. The molecule has 0 aliphatic heterocycles. The van der Waals surface area contributed by atoms with Gasteiger partial charge < -0.3 is 19.5 Å². The largest absolute Gasteiger partial charge is 0.497 e. The standard InChI is InChI=1S/C21H25N3O5/c1-5-29-17-8-6-16(7-9-17)22-20(25)10-14(2)23-24-21(26)15-11-18(27-3)13-19(12-15)28-4/h6-9,11-13H,5,10H2,1-4H3,(H,22,25)(H,24,26)/b23-14+. The van der Waals surface area contributed by atoms with Crippen molar-refractivity contribution in [2.75, 3.05) is 26.1 Å². The van der Waals surface area contributed by atoms with Gasteiger partial charge in [-0.2, -0.15) is 5.10 Å². The van der Waals surface area contributed by atoms with Crippen molar-refractivity contribution in [2.24, 2.45) is 5.10 Å². The SMILES string of the molecule is CCOc1ccc(NC(=O)C/C(C)=N/NC(=O)c2cc(OC)cc(OC)c2)cc1. The van der Waals surface area contributed by atoms with Crippen LogP contribution in [-0.2, 0) is 4.79 Å². The van der Waals surface area contributed by atoms with Gasteiger partial charge in [0.1, 0.15) is 17.2 Å². The minimum Gasteiger partial charge on any atom is -0.497 e. The molecule has 2 N–H and O–H groups in total. The van der Waals surface area contributed by atoms with E-state index in [0.717, 1.165) is 5.75 Å². The van der Waals surface area contributed by atoms with Crippen LogP contribution in [0.25, 0.3) is 0 Å². The number of carbonyl (C=O) groups excluding carboxylic acids is 2. The smallest absolute Gasteiger partial charge is 0.271 e. The summed E-state index contributed by atoms with van der Waals surface area (Å²) in [4.78, 5) is 24.5. The summed E-state index contributed by atoms with van der Waals surface area (Å²) >= 11 is 0. The van der Waals surface area contributed by atoms with Gasteiger partial charge in [0.05, 0.1) is 27.2 Å².